The lowest BCUT2D eigenvalue weighted by atomic mass is 10.3. The summed E-state index contributed by atoms with van der Waals surface area (Å²) in [6, 6.07) is 1.47. The summed E-state index contributed by atoms with van der Waals surface area (Å²) < 4.78 is 61.5. The van der Waals surface area contributed by atoms with Crippen molar-refractivity contribution in [3.63, 3.8) is 0 Å². The molecule has 7 heteroatoms. The highest BCUT2D eigenvalue weighted by molar-refractivity contribution is 5.93. The Hall–Kier alpha value is -1.66. The number of halogens is 5. The van der Waals surface area contributed by atoms with Crippen LogP contribution in [0.25, 0.3) is 0 Å². The summed E-state index contributed by atoms with van der Waals surface area (Å²) in [5.41, 5.74) is -1.05. The quantitative estimate of drug-likeness (QED) is 0.559. The van der Waals surface area contributed by atoms with Gasteiger partial charge < -0.3 is 0 Å². The van der Waals surface area contributed by atoms with Crippen molar-refractivity contribution in [3.05, 3.63) is 29.8 Å². The monoisotopic (exact) mass is 225 g/mol. The first kappa shape index (κ1) is 11.4. The minimum atomic E-state index is -3.60. The van der Waals surface area contributed by atoms with Crippen molar-refractivity contribution in [1.29, 1.82) is 0 Å². The number of hydrogen-bond donors (Lipinski definition) is 0. The van der Waals surface area contributed by atoms with E-state index in [0.29, 0.717) is 12.1 Å². The topological polar surface area (TPSA) is 20.3 Å². The molecule has 1 aromatic rings. The van der Waals surface area contributed by atoms with Crippen LogP contribution in [0.1, 0.15) is 0 Å². The lowest BCUT2D eigenvalue weighted by Gasteiger charge is -2.11. The van der Waals surface area contributed by atoms with Crippen LogP contribution in [0.2, 0.25) is 0 Å². The van der Waals surface area contributed by atoms with Crippen molar-refractivity contribution in [2.24, 2.45) is 0 Å². The van der Waals surface area contributed by atoms with Gasteiger partial charge in [-0.05, 0) is 12.1 Å². The number of benzene rings is 1. The van der Waals surface area contributed by atoms with Gasteiger partial charge in [-0.1, -0.05) is 4.48 Å². The van der Waals surface area contributed by atoms with Crippen LogP contribution >= 0.6 is 0 Å². The Kier molecular flexibility index (Phi) is 3.23. The van der Waals surface area contributed by atoms with Gasteiger partial charge in [0.1, 0.15) is 11.5 Å². The largest absolute Gasteiger partial charge is 0.322 e. The molecule has 1 aromatic carbocycles. The second-order valence-corrected chi connectivity index (χ2v) is 2.52. The van der Waals surface area contributed by atoms with Crippen LogP contribution in [0.15, 0.2) is 18.2 Å². The summed E-state index contributed by atoms with van der Waals surface area (Å²) in [4.78, 5) is 10.4. The summed E-state index contributed by atoms with van der Waals surface area (Å²) in [6.07, 6.45) is -3.60. The molecule has 0 bridgehead atoms. The number of anilines is 1. The second kappa shape index (κ2) is 4.24. The number of carbonyl (C=O) groups is 1. The van der Waals surface area contributed by atoms with Crippen LogP contribution in [0, 0.1) is 11.6 Å². The van der Waals surface area contributed by atoms with Crippen molar-refractivity contribution >= 4 is 11.6 Å². The molecule has 0 aliphatic heterocycles. The Morgan fingerprint density at radius 2 is 1.87 bits per heavy atom. The van der Waals surface area contributed by atoms with Crippen molar-refractivity contribution in [1.82, 2.24) is 0 Å². The molecule has 0 aromatic heterocycles. The lowest BCUT2D eigenvalue weighted by molar-refractivity contribution is -0.131. The van der Waals surface area contributed by atoms with E-state index in [4.69, 9.17) is 0 Å². The molecule has 2 nitrogen and oxygen atoms in total. The van der Waals surface area contributed by atoms with E-state index >= 15 is 0 Å². The lowest BCUT2D eigenvalue weighted by Crippen LogP contribution is -2.29. The fourth-order valence-electron chi connectivity index (χ4n) is 0.845. The predicted molar refractivity (Wildman–Crippen MR) is 41.0 cm³/mol. The van der Waals surface area contributed by atoms with Crippen molar-refractivity contribution in [3.8, 4) is 0 Å². The molecular formula is C8H4F5NO. The van der Waals surface area contributed by atoms with Crippen LogP contribution in [0.5, 0.6) is 0 Å². The third-order valence-electron chi connectivity index (χ3n) is 1.50. The van der Waals surface area contributed by atoms with E-state index in [1.807, 2.05) is 0 Å². The standard InChI is InChI=1S/C8H4F5NO/c9-4-1-2-6(5(10)3-4)14(13)8(15)7(11)12/h1-3,7H. The van der Waals surface area contributed by atoms with E-state index in [-0.39, 0.29) is 6.07 Å². The molecule has 1 rings (SSSR count). The fraction of sp³-hybridized carbons (Fsp3) is 0.125. The third-order valence-corrected chi connectivity index (χ3v) is 1.50. The number of amides is 1. The summed E-state index contributed by atoms with van der Waals surface area (Å²) >= 11 is 0. The third kappa shape index (κ3) is 2.42. The zero-order valence-corrected chi connectivity index (χ0v) is 7.05. The number of alkyl halides is 2. The van der Waals surface area contributed by atoms with E-state index in [1.165, 1.54) is 0 Å². The highest BCUT2D eigenvalue weighted by Crippen LogP contribution is 2.21. The van der Waals surface area contributed by atoms with Crippen molar-refractivity contribution in [2.45, 2.75) is 6.43 Å². The Bertz CT molecular complexity index is 381. The highest BCUT2D eigenvalue weighted by Gasteiger charge is 2.27. The SMILES string of the molecule is O=C(C(F)F)N(F)c1ccc(F)cc1F. The average Bonchev–Trinajstić information content (AvgIpc) is 2.15. The van der Waals surface area contributed by atoms with Crippen LogP contribution in [0.4, 0.5) is 27.7 Å². The Morgan fingerprint density at radius 1 is 1.27 bits per heavy atom. The van der Waals surface area contributed by atoms with Gasteiger partial charge in [0.05, 0.1) is 0 Å². The zero-order chi connectivity index (χ0) is 11.6. The minimum Gasteiger partial charge on any atom is -0.265 e. The number of nitrogens with zero attached hydrogens (tertiary/aromatic N) is 1. The molecular weight excluding hydrogens is 221 g/mol. The molecule has 0 unspecified atom stereocenters. The van der Waals surface area contributed by atoms with Crippen molar-refractivity contribution in [2.75, 3.05) is 5.12 Å². The maximum absolute atomic E-state index is 12.8. The van der Waals surface area contributed by atoms with E-state index in [9.17, 15) is 26.8 Å². The van der Waals surface area contributed by atoms with Crippen LogP contribution < -0.4 is 5.12 Å². The Labute approximate surface area is 80.8 Å². The molecule has 0 aliphatic rings. The van der Waals surface area contributed by atoms with Gasteiger partial charge in [0.2, 0.25) is 0 Å². The molecule has 0 saturated carbocycles. The number of hydrogen-bond acceptors (Lipinski definition) is 1. The van der Waals surface area contributed by atoms with Crippen LogP contribution in [-0.4, -0.2) is 12.3 Å². The molecule has 0 saturated heterocycles. The molecule has 0 aliphatic carbocycles. The van der Waals surface area contributed by atoms with Gasteiger partial charge in [0.15, 0.2) is 5.82 Å². The van der Waals surface area contributed by atoms with Gasteiger partial charge in [0, 0.05) is 6.07 Å². The molecule has 0 spiro atoms. The van der Waals surface area contributed by atoms with E-state index in [0.717, 1.165) is 0 Å². The number of carbonyl (C=O) groups excluding carboxylic acids is 1. The fourth-order valence-corrected chi connectivity index (χ4v) is 0.845. The molecule has 0 N–H and O–H groups in total. The Morgan fingerprint density at radius 3 is 2.33 bits per heavy atom. The second-order valence-electron chi connectivity index (χ2n) is 2.52. The smallest absolute Gasteiger partial charge is 0.265 e. The molecule has 1 amide bonds. The van der Waals surface area contributed by atoms with Gasteiger partial charge in [-0.2, -0.15) is 8.78 Å². The molecule has 0 fully saturated rings. The van der Waals surface area contributed by atoms with Gasteiger partial charge in [-0.3, -0.25) is 4.79 Å². The Balaban J connectivity index is 3.01. The molecule has 82 valence electrons. The van der Waals surface area contributed by atoms with E-state index < -0.39 is 34.8 Å². The predicted octanol–water partition coefficient (Wildman–Crippen LogP) is 2.45. The van der Waals surface area contributed by atoms with Gasteiger partial charge in [-0.15, -0.1) is 5.12 Å². The van der Waals surface area contributed by atoms with Crippen LogP contribution in [-0.2, 0) is 4.79 Å². The summed E-state index contributed by atoms with van der Waals surface area (Å²) in [7, 11) is 0. The highest BCUT2D eigenvalue weighted by atomic mass is 19.3. The van der Waals surface area contributed by atoms with E-state index in [1.54, 1.807) is 0 Å². The maximum atomic E-state index is 12.8. The molecule has 15 heavy (non-hydrogen) atoms. The van der Waals surface area contributed by atoms with Gasteiger partial charge in [0.25, 0.3) is 0 Å². The average molecular weight is 225 g/mol. The first-order valence-electron chi connectivity index (χ1n) is 3.66. The van der Waals surface area contributed by atoms with Gasteiger partial charge >= 0.3 is 12.3 Å². The molecule has 0 heterocycles. The van der Waals surface area contributed by atoms with E-state index in [2.05, 4.69) is 0 Å². The first-order valence-corrected chi connectivity index (χ1v) is 3.66. The maximum Gasteiger partial charge on any atom is 0.322 e. The zero-order valence-electron chi connectivity index (χ0n) is 7.05. The first-order chi connectivity index (χ1) is 6.93. The van der Waals surface area contributed by atoms with Crippen molar-refractivity contribution < 1.29 is 26.8 Å². The summed E-state index contributed by atoms with van der Waals surface area (Å²) in [5, 5.41) is -1.06. The summed E-state index contributed by atoms with van der Waals surface area (Å²) in [6.45, 7) is 0. The summed E-state index contributed by atoms with van der Waals surface area (Å²) in [5.74, 6) is -4.65. The molecule has 0 radical (unpaired) electrons. The number of rotatable bonds is 2. The minimum absolute atomic E-state index is 0.278. The normalized spacial score (nSPS) is 10.5. The molecule has 0 atom stereocenters. The van der Waals surface area contributed by atoms with Gasteiger partial charge in [-0.25, -0.2) is 8.78 Å². The van der Waals surface area contributed by atoms with Crippen LogP contribution in [0.3, 0.4) is 0 Å².